The van der Waals surface area contributed by atoms with Crippen molar-refractivity contribution in [3.8, 4) is 0 Å². The summed E-state index contributed by atoms with van der Waals surface area (Å²) in [6.45, 7) is 2.30. The number of nitrogens with one attached hydrogen (secondary N) is 2. The minimum atomic E-state index is -0.777. The lowest BCUT2D eigenvalue weighted by Crippen LogP contribution is -2.48. The van der Waals surface area contributed by atoms with Crippen LogP contribution in [0.3, 0.4) is 0 Å². The van der Waals surface area contributed by atoms with Crippen molar-refractivity contribution in [3.63, 3.8) is 0 Å². The van der Waals surface area contributed by atoms with Gasteiger partial charge in [-0.25, -0.2) is 4.79 Å². The molecule has 0 saturated heterocycles. The van der Waals surface area contributed by atoms with Gasteiger partial charge in [0, 0.05) is 12.6 Å². The molecular weight excluding hydrogens is 268 g/mol. The number of rotatable bonds is 5. The first-order valence-corrected chi connectivity index (χ1v) is 8.31. The molecule has 0 radical (unpaired) electrons. The van der Waals surface area contributed by atoms with Gasteiger partial charge in [0.2, 0.25) is 0 Å². The average Bonchev–Trinajstić information content (AvgIpc) is 2.96. The minimum Gasteiger partial charge on any atom is -0.481 e. The molecule has 5 nitrogen and oxygen atoms in total. The first kappa shape index (κ1) is 16.1. The lowest BCUT2D eigenvalue weighted by Gasteiger charge is -2.29. The number of carbonyl (C=O) groups excluding carboxylic acids is 1. The van der Waals surface area contributed by atoms with Crippen molar-refractivity contribution < 1.29 is 14.7 Å². The van der Waals surface area contributed by atoms with Gasteiger partial charge >= 0.3 is 12.0 Å². The Morgan fingerprint density at radius 1 is 1.14 bits per heavy atom. The van der Waals surface area contributed by atoms with Gasteiger partial charge in [-0.3, -0.25) is 4.79 Å². The zero-order valence-corrected chi connectivity index (χ0v) is 13.0. The first-order valence-electron chi connectivity index (χ1n) is 8.31. The zero-order chi connectivity index (χ0) is 15.3. The Kier molecular flexibility index (Phi) is 5.48. The van der Waals surface area contributed by atoms with E-state index in [1.165, 1.54) is 32.1 Å². The number of urea groups is 1. The summed E-state index contributed by atoms with van der Waals surface area (Å²) < 4.78 is 0. The van der Waals surface area contributed by atoms with Gasteiger partial charge in [0.1, 0.15) is 0 Å². The molecule has 21 heavy (non-hydrogen) atoms. The standard InChI is InChI=1S/C16H28N2O3/c1-12(13-7-3-2-4-8-13)18-15(21)17-11-16(14(19)20)9-5-6-10-16/h12-13H,2-11H2,1H3,(H,19,20)(H2,17,18,21). The quantitative estimate of drug-likeness (QED) is 0.730. The number of carboxylic acid groups (broad SMARTS) is 1. The van der Waals surface area contributed by atoms with Crippen LogP contribution in [0.1, 0.15) is 64.7 Å². The van der Waals surface area contributed by atoms with E-state index in [4.69, 9.17) is 0 Å². The lowest BCUT2D eigenvalue weighted by atomic mass is 9.84. The maximum atomic E-state index is 12.0. The minimum absolute atomic E-state index is 0.162. The Balaban J connectivity index is 1.77. The molecule has 0 heterocycles. The normalized spacial score (nSPS) is 23.5. The summed E-state index contributed by atoms with van der Waals surface area (Å²) in [7, 11) is 0. The molecule has 2 rings (SSSR count). The second-order valence-electron chi connectivity index (χ2n) is 6.81. The third-order valence-corrected chi connectivity index (χ3v) is 5.32. The molecule has 2 aliphatic carbocycles. The molecule has 0 aromatic heterocycles. The molecule has 5 heteroatoms. The highest BCUT2D eigenvalue weighted by molar-refractivity contribution is 5.78. The fourth-order valence-electron chi connectivity index (χ4n) is 3.78. The van der Waals surface area contributed by atoms with Crippen molar-refractivity contribution in [1.82, 2.24) is 10.6 Å². The van der Waals surface area contributed by atoms with Crippen molar-refractivity contribution >= 4 is 12.0 Å². The van der Waals surface area contributed by atoms with Crippen LogP contribution >= 0.6 is 0 Å². The van der Waals surface area contributed by atoms with Crippen LogP contribution in [0.2, 0.25) is 0 Å². The van der Waals surface area contributed by atoms with Gasteiger partial charge in [-0.2, -0.15) is 0 Å². The third-order valence-electron chi connectivity index (χ3n) is 5.32. The molecule has 0 bridgehead atoms. The monoisotopic (exact) mass is 296 g/mol. The lowest BCUT2D eigenvalue weighted by molar-refractivity contribution is -0.148. The van der Waals surface area contributed by atoms with Gasteiger partial charge in [-0.1, -0.05) is 32.1 Å². The van der Waals surface area contributed by atoms with Gasteiger partial charge in [0.25, 0.3) is 0 Å². The summed E-state index contributed by atoms with van der Waals surface area (Å²) in [5, 5.41) is 15.2. The van der Waals surface area contributed by atoms with Crippen molar-refractivity contribution in [2.75, 3.05) is 6.54 Å². The maximum absolute atomic E-state index is 12.0. The van der Waals surface area contributed by atoms with E-state index in [0.29, 0.717) is 18.8 Å². The van der Waals surface area contributed by atoms with Crippen LogP contribution in [0.25, 0.3) is 0 Å². The Labute approximate surface area is 126 Å². The van der Waals surface area contributed by atoms with Crippen LogP contribution in [-0.2, 0) is 4.79 Å². The predicted octanol–water partition coefficient (Wildman–Crippen LogP) is 2.90. The van der Waals surface area contributed by atoms with E-state index >= 15 is 0 Å². The molecule has 0 aromatic rings. The zero-order valence-electron chi connectivity index (χ0n) is 13.0. The highest BCUT2D eigenvalue weighted by Crippen LogP contribution is 2.37. The highest BCUT2D eigenvalue weighted by Gasteiger charge is 2.41. The molecule has 2 fully saturated rings. The molecule has 0 spiro atoms. The van der Waals surface area contributed by atoms with E-state index in [0.717, 1.165) is 12.8 Å². The number of hydrogen-bond donors (Lipinski definition) is 3. The highest BCUT2D eigenvalue weighted by atomic mass is 16.4. The molecule has 0 aromatic carbocycles. The second kappa shape index (κ2) is 7.14. The van der Waals surface area contributed by atoms with E-state index in [9.17, 15) is 14.7 Å². The Hall–Kier alpha value is -1.26. The van der Waals surface area contributed by atoms with E-state index in [2.05, 4.69) is 17.6 Å². The van der Waals surface area contributed by atoms with Gasteiger partial charge in [0.05, 0.1) is 5.41 Å². The molecule has 2 aliphatic rings. The second-order valence-corrected chi connectivity index (χ2v) is 6.81. The molecular formula is C16H28N2O3. The SMILES string of the molecule is CC(NC(=O)NCC1(C(=O)O)CCCC1)C1CCCCC1. The Bertz CT molecular complexity index is 372. The van der Waals surface area contributed by atoms with E-state index in [-0.39, 0.29) is 18.6 Å². The number of carboxylic acids is 1. The van der Waals surface area contributed by atoms with Gasteiger partial charge in [-0.15, -0.1) is 0 Å². The number of hydrogen-bond acceptors (Lipinski definition) is 2. The Morgan fingerprint density at radius 2 is 1.76 bits per heavy atom. The van der Waals surface area contributed by atoms with Gasteiger partial charge in [0.15, 0.2) is 0 Å². The van der Waals surface area contributed by atoms with Crippen molar-refractivity contribution in [3.05, 3.63) is 0 Å². The maximum Gasteiger partial charge on any atom is 0.315 e. The third kappa shape index (κ3) is 4.11. The molecule has 120 valence electrons. The summed E-state index contributed by atoms with van der Waals surface area (Å²) >= 11 is 0. The summed E-state index contributed by atoms with van der Waals surface area (Å²) in [5.41, 5.74) is -0.745. The largest absolute Gasteiger partial charge is 0.481 e. The van der Waals surface area contributed by atoms with Crippen molar-refractivity contribution in [2.24, 2.45) is 11.3 Å². The van der Waals surface area contributed by atoms with Gasteiger partial charge in [-0.05, 0) is 38.5 Å². The number of amides is 2. The molecule has 1 unspecified atom stereocenters. The topological polar surface area (TPSA) is 78.4 Å². The van der Waals surface area contributed by atoms with Crippen molar-refractivity contribution in [2.45, 2.75) is 70.8 Å². The first-order chi connectivity index (χ1) is 10.0. The molecule has 3 N–H and O–H groups in total. The number of carbonyl (C=O) groups is 2. The van der Waals surface area contributed by atoms with E-state index in [1.807, 2.05) is 0 Å². The van der Waals surface area contributed by atoms with Crippen LogP contribution in [-0.4, -0.2) is 29.7 Å². The van der Waals surface area contributed by atoms with Crippen molar-refractivity contribution in [1.29, 1.82) is 0 Å². The van der Waals surface area contributed by atoms with Crippen LogP contribution < -0.4 is 10.6 Å². The fraction of sp³-hybridized carbons (Fsp3) is 0.875. The molecule has 2 saturated carbocycles. The van der Waals surface area contributed by atoms with Gasteiger partial charge < -0.3 is 15.7 Å². The number of aliphatic carboxylic acids is 1. The summed E-state index contributed by atoms with van der Waals surface area (Å²) in [5.74, 6) is -0.218. The van der Waals surface area contributed by atoms with E-state index in [1.54, 1.807) is 0 Å². The summed E-state index contributed by atoms with van der Waals surface area (Å²) in [6.07, 6.45) is 9.38. The summed E-state index contributed by atoms with van der Waals surface area (Å²) in [6, 6.07) is -0.0599. The summed E-state index contributed by atoms with van der Waals surface area (Å²) in [4.78, 5) is 23.4. The molecule has 2 amide bonds. The molecule has 0 aliphatic heterocycles. The Morgan fingerprint density at radius 3 is 2.33 bits per heavy atom. The van der Waals surface area contributed by atoms with Crippen LogP contribution in [0.4, 0.5) is 4.79 Å². The smallest absolute Gasteiger partial charge is 0.315 e. The van der Waals surface area contributed by atoms with E-state index < -0.39 is 11.4 Å². The van der Waals surface area contributed by atoms with Crippen LogP contribution in [0.15, 0.2) is 0 Å². The molecule has 1 atom stereocenters. The van der Waals surface area contributed by atoms with Crippen LogP contribution in [0, 0.1) is 11.3 Å². The van der Waals surface area contributed by atoms with Crippen LogP contribution in [0.5, 0.6) is 0 Å². The fourth-order valence-corrected chi connectivity index (χ4v) is 3.78. The predicted molar refractivity (Wildman–Crippen MR) is 81.1 cm³/mol. The average molecular weight is 296 g/mol.